The van der Waals surface area contributed by atoms with Gasteiger partial charge in [-0.3, -0.25) is 4.79 Å². The summed E-state index contributed by atoms with van der Waals surface area (Å²) in [5.74, 6) is -1.05. The van der Waals surface area contributed by atoms with Crippen molar-refractivity contribution in [1.29, 1.82) is 0 Å². The van der Waals surface area contributed by atoms with Crippen LogP contribution in [-0.4, -0.2) is 30.4 Å². The Bertz CT molecular complexity index is 1280. The summed E-state index contributed by atoms with van der Waals surface area (Å²) in [6.07, 6.45) is 3.99. The number of halogens is 2. The lowest BCUT2D eigenvalue weighted by molar-refractivity contribution is 0.0484. The Kier molecular flexibility index (Phi) is 5.28. The van der Waals surface area contributed by atoms with Gasteiger partial charge < -0.3 is 15.2 Å². The van der Waals surface area contributed by atoms with E-state index in [0.717, 1.165) is 5.56 Å². The summed E-state index contributed by atoms with van der Waals surface area (Å²) in [4.78, 5) is 12.2. The minimum Gasteiger partial charge on any atom is -0.384 e. The number of carbonyl (C=O) groups excluding carboxylic acids is 1. The van der Waals surface area contributed by atoms with Crippen LogP contribution in [-0.2, 0) is 12.1 Å². The summed E-state index contributed by atoms with van der Waals surface area (Å²) in [6.45, 7) is 3.95. The minimum atomic E-state index is -1.05. The van der Waals surface area contributed by atoms with Crippen LogP contribution in [0.1, 0.15) is 41.9 Å². The normalized spacial score (nSPS) is 13.5. The van der Waals surface area contributed by atoms with Crippen molar-refractivity contribution < 1.29 is 14.3 Å². The van der Waals surface area contributed by atoms with E-state index in [-0.39, 0.29) is 16.4 Å². The highest BCUT2D eigenvalue weighted by molar-refractivity contribution is 6.38. The van der Waals surface area contributed by atoms with Gasteiger partial charge in [0.15, 0.2) is 0 Å². The quantitative estimate of drug-likeness (QED) is 0.476. The molecule has 0 aliphatic carbocycles. The Morgan fingerprint density at radius 2 is 2.00 bits per heavy atom. The van der Waals surface area contributed by atoms with Crippen molar-refractivity contribution in [2.24, 2.45) is 5.73 Å². The maximum Gasteiger partial charge on any atom is 0.252 e. The summed E-state index contributed by atoms with van der Waals surface area (Å²) >= 11 is 6.53. The molecule has 0 aliphatic heterocycles. The lowest BCUT2D eigenvalue weighted by Crippen LogP contribution is -2.20. The molecular weight excluding hydrogens is 421 g/mol. The Labute approximate surface area is 182 Å². The highest BCUT2D eigenvalue weighted by Crippen LogP contribution is 2.35. The summed E-state index contributed by atoms with van der Waals surface area (Å²) in [7, 11) is 0. The first-order valence-corrected chi connectivity index (χ1v) is 10.1. The number of aliphatic hydroxyl groups is 1. The number of nitrogens with two attached hydrogens (primary N) is 1. The second-order valence-electron chi connectivity index (χ2n) is 7.63. The topological polar surface area (TPSA) is 98.4 Å². The molecule has 0 bridgehead atoms. The van der Waals surface area contributed by atoms with E-state index in [1.54, 1.807) is 40.5 Å². The number of fused-ring (bicyclic) bond motifs is 1. The van der Waals surface area contributed by atoms with Crippen molar-refractivity contribution in [2.45, 2.75) is 32.4 Å². The number of hydrogen-bond donors (Lipinski definition) is 2. The lowest BCUT2D eigenvalue weighted by atomic mass is 10.0. The summed E-state index contributed by atoms with van der Waals surface area (Å²) in [5.41, 5.74) is 7.80. The zero-order valence-electron chi connectivity index (χ0n) is 17.0. The fourth-order valence-corrected chi connectivity index (χ4v) is 3.79. The smallest absolute Gasteiger partial charge is 0.252 e. The number of amides is 1. The highest BCUT2D eigenvalue weighted by atomic mass is 35.5. The van der Waals surface area contributed by atoms with Gasteiger partial charge in [0, 0.05) is 6.20 Å². The Hall–Kier alpha value is -3.23. The molecule has 9 heteroatoms. The van der Waals surface area contributed by atoms with Gasteiger partial charge in [0.05, 0.1) is 34.5 Å². The molecule has 1 amide bonds. The van der Waals surface area contributed by atoms with Crippen molar-refractivity contribution in [3.05, 3.63) is 76.5 Å². The van der Waals surface area contributed by atoms with E-state index in [4.69, 9.17) is 17.3 Å². The molecule has 3 N–H and O–H groups in total. The molecule has 0 spiro atoms. The SMILES string of the molecule is CCC(C)(O)c1cn(Cc2ccn3c(-c4ccc(F)cc4)c(C(N)=O)c(Cl)c3c2)nn1. The molecule has 1 unspecified atom stereocenters. The Morgan fingerprint density at radius 3 is 2.65 bits per heavy atom. The maximum atomic E-state index is 13.4. The van der Waals surface area contributed by atoms with E-state index in [1.165, 1.54) is 12.1 Å². The van der Waals surface area contributed by atoms with Crippen LogP contribution in [0.2, 0.25) is 5.02 Å². The van der Waals surface area contributed by atoms with Gasteiger partial charge in [0.1, 0.15) is 17.1 Å². The van der Waals surface area contributed by atoms with Crippen LogP contribution in [0.15, 0.2) is 48.8 Å². The van der Waals surface area contributed by atoms with Crippen LogP contribution in [0.25, 0.3) is 16.8 Å². The first-order valence-electron chi connectivity index (χ1n) is 9.72. The zero-order valence-corrected chi connectivity index (χ0v) is 17.8. The predicted molar refractivity (Wildman–Crippen MR) is 115 cm³/mol. The Balaban J connectivity index is 1.77. The molecule has 0 radical (unpaired) electrons. The average Bonchev–Trinajstić information content (AvgIpc) is 3.32. The Morgan fingerprint density at radius 1 is 1.29 bits per heavy atom. The van der Waals surface area contributed by atoms with E-state index in [9.17, 15) is 14.3 Å². The van der Waals surface area contributed by atoms with Gasteiger partial charge in [-0.05, 0) is 60.9 Å². The largest absolute Gasteiger partial charge is 0.384 e. The molecule has 1 atom stereocenters. The third kappa shape index (κ3) is 3.80. The summed E-state index contributed by atoms with van der Waals surface area (Å²) in [5, 5.41) is 18.7. The number of primary amides is 1. The van der Waals surface area contributed by atoms with Crippen LogP contribution >= 0.6 is 11.6 Å². The molecule has 4 aromatic rings. The van der Waals surface area contributed by atoms with Gasteiger partial charge in [0.25, 0.3) is 5.91 Å². The molecule has 7 nitrogen and oxygen atoms in total. The van der Waals surface area contributed by atoms with Gasteiger partial charge in [-0.1, -0.05) is 23.7 Å². The summed E-state index contributed by atoms with van der Waals surface area (Å²) < 4.78 is 16.8. The number of nitrogens with zero attached hydrogens (tertiary/aromatic N) is 4. The molecular formula is C22H21ClFN5O2. The molecule has 0 saturated carbocycles. The van der Waals surface area contributed by atoms with Gasteiger partial charge in [0.2, 0.25) is 0 Å². The van der Waals surface area contributed by atoms with Gasteiger partial charge in [-0.2, -0.15) is 0 Å². The van der Waals surface area contributed by atoms with E-state index in [2.05, 4.69) is 10.3 Å². The zero-order chi connectivity index (χ0) is 22.3. The predicted octanol–water partition coefficient (Wildman–Crippen LogP) is 3.76. The van der Waals surface area contributed by atoms with E-state index >= 15 is 0 Å². The molecule has 0 fully saturated rings. The molecule has 3 heterocycles. The fraction of sp³-hybridized carbons (Fsp3) is 0.227. The first-order chi connectivity index (χ1) is 14.7. The number of aromatic nitrogens is 4. The van der Waals surface area contributed by atoms with Crippen LogP contribution in [0.5, 0.6) is 0 Å². The lowest BCUT2D eigenvalue weighted by Gasteiger charge is -2.16. The van der Waals surface area contributed by atoms with E-state index < -0.39 is 11.5 Å². The monoisotopic (exact) mass is 441 g/mol. The molecule has 0 aliphatic rings. The number of pyridine rings is 1. The van der Waals surface area contributed by atoms with Gasteiger partial charge in [-0.25, -0.2) is 9.07 Å². The number of carbonyl (C=O) groups is 1. The van der Waals surface area contributed by atoms with Crippen molar-refractivity contribution >= 4 is 23.0 Å². The van der Waals surface area contributed by atoms with Crippen LogP contribution in [0.4, 0.5) is 4.39 Å². The fourth-order valence-electron chi connectivity index (χ4n) is 3.47. The molecule has 1 aromatic carbocycles. The van der Waals surface area contributed by atoms with Crippen molar-refractivity contribution in [1.82, 2.24) is 19.4 Å². The van der Waals surface area contributed by atoms with Crippen molar-refractivity contribution in [2.75, 3.05) is 0 Å². The average molecular weight is 442 g/mol. The standard InChI is InChI=1S/C22H21ClFN5O2/c1-3-22(2,31)17-12-28(27-26-17)11-13-8-9-29-16(10-13)19(23)18(21(25)30)20(29)14-4-6-15(24)7-5-14/h4-10,12,31H,3,11H2,1-2H3,(H2,25,30). The van der Waals surface area contributed by atoms with Gasteiger partial charge >= 0.3 is 0 Å². The van der Waals surface area contributed by atoms with Crippen molar-refractivity contribution in [3.63, 3.8) is 0 Å². The molecule has 31 heavy (non-hydrogen) atoms. The van der Waals surface area contributed by atoms with E-state index in [0.29, 0.717) is 35.4 Å². The van der Waals surface area contributed by atoms with Crippen LogP contribution in [0.3, 0.4) is 0 Å². The van der Waals surface area contributed by atoms with Crippen molar-refractivity contribution in [3.8, 4) is 11.3 Å². The second kappa shape index (κ2) is 7.79. The summed E-state index contributed by atoms with van der Waals surface area (Å²) in [6, 6.07) is 9.47. The number of rotatable bonds is 6. The number of hydrogen-bond acceptors (Lipinski definition) is 4. The second-order valence-corrected chi connectivity index (χ2v) is 8.01. The third-order valence-electron chi connectivity index (χ3n) is 5.43. The van der Waals surface area contributed by atoms with E-state index in [1.807, 2.05) is 19.1 Å². The first kappa shape index (κ1) is 21.0. The molecule has 160 valence electrons. The third-order valence-corrected chi connectivity index (χ3v) is 5.81. The van der Waals surface area contributed by atoms with Crippen LogP contribution in [0, 0.1) is 5.82 Å². The molecule has 3 aromatic heterocycles. The van der Waals surface area contributed by atoms with Crippen LogP contribution < -0.4 is 5.73 Å². The minimum absolute atomic E-state index is 0.174. The molecule has 4 rings (SSSR count). The number of benzene rings is 1. The molecule has 0 saturated heterocycles. The maximum absolute atomic E-state index is 13.4. The van der Waals surface area contributed by atoms with Gasteiger partial charge in [-0.15, -0.1) is 5.10 Å². The highest BCUT2D eigenvalue weighted by Gasteiger charge is 2.25.